The average Bonchev–Trinajstić information content (AvgIpc) is 2.64. The number of nitrogen functional groups attached to an aromatic ring is 1. The summed E-state index contributed by atoms with van der Waals surface area (Å²) < 4.78 is 1.34. The van der Waals surface area contributed by atoms with Crippen LogP contribution in [0.1, 0.15) is 55.5 Å². The van der Waals surface area contributed by atoms with Crippen LogP contribution in [-0.2, 0) is 6.54 Å². The molecule has 0 unspecified atom stereocenters. The Kier molecular flexibility index (Phi) is 6.98. The molecule has 1 aromatic carbocycles. The highest BCUT2D eigenvalue weighted by molar-refractivity contribution is 6.08. The minimum atomic E-state index is -0.636. The summed E-state index contributed by atoms with van der Waals surface area (Å²) >= 11 is 0. The predicted octanol–water partition coefficient (Wildman–Crippen LogP) is 2.67. The lowest BCUT2D eigenvalue weighted by molar-refractivity contribution is 0.0985. The Balaban J connectivity index is 2.60. The maximum atomic E-state index is 13.2. The summed E-state index contributed by atoms with van der Waals surface area (Å²) in [6, 6.07) is 7.22. The van der Waals surface area contributed by atoms with E-state index in [0.717, 1.165) is 24.8 Å². The molecule has 2 aromatic rings. The van der Waals surface area contributed by atoms with E-state index in [2.05, 4.69) is 4.98 Å². The van der Waals surface area contributed by atoms with Gasteiger partial charge in [0.25, 0.3) is 11.5 Å². The van der Waals surface area contributed by atoms with Crippen LogP contribution >= 0.6 is 0 Å². The molecule has 0 spiro atoms. The van der Waals surface area contributed by atoms with E-state index >= 15 is 0 Å². The maximum absolute atomic E-state index is 13.2. The lowest BCUT2D eigenvalue weighted by Gasteiger charge is -2.25. The molecule has 1 heterocycles. The van der Waals surface area contributed by atoms with Gasteiger partial charge in [0, 0.05) is 18.7 Å². The van der Waals surface area contributed by atoms with E-state index in [0.29, 0.717) is 25.1 Å². The van der Waals surface area contributed by atoms with E-state index in [1.807, 2.05) is 32.9 Å². The van der Waals surface area contributed by atoms with Crippen LogP contribution in [0, 0.1) is 6.92 Å². The number of nitrogens with one attached hydrogen (secondary N) is 1. The first kappa shape index (κ1) is 20.5. The van der Waals surface area contributed by atoms with Gasteiger partial charge in [-0.05, 0) is 31.4 Å². The van der Waals surface area contributed by atoms with E-state index in [4.69, 9.17) is 5.73 Å². The van der Waals surface area contributed by atoms with Crippen molar-refractivity contribution in [2.75, 3.05) is 17.2 Å². The second-order valence-electron chi connectivity index (χ2n) is 6.62. The molecule has 7 heteroatoms. The number of anilines is 2. The smallest absolute Gasteiger partial charge is 0.330 e. The van der Waals surface area contributed by atoms with Crippen molar-refractivity contribution < 1.29 is 4.79 Å². The van der Waals surface area contributed by atoms with Crippen molar-refractivity contribution in [3.05, 3.63) is 56.2 Å². The van der Waals surface area contributed by atoms with Gasteiger partial charge in [-0.25, -0.2) is 4.79 Å². The highest BCUT2D eigenvalue weighted by Crippen LogP contribution is 2.21. The molecular formula is C20H28N4O3. The zero-order valence-corrected chi connectivity index (χ0v) is 16.2. The Morgan fingerprint density at radius 1 is 1.15 bits per heavy atom. The van der Waals surface area contributed by atoms with Crippen LogP contribution in [-0.4, -0.2) is 22.0 Å². The number of nitrogens with two attached hydrogens (primary N) is 1. The van der Waals surface area contributed by atoms with Crippen molar-refractivity contribution in [2.24, 2.45) is 0 Å². The molecule has 0 atom stereocenters. The van der Waals surface area contributed by atoms with Crippen molar-refractivity contribution in [3.63, 3.8) is 0 Å². The maximum Gasteiger partial charge on any atom is 0.330 e. The number of carbonyl (C=O) groups is 1. The minimum Gasteiger partial charge on any atom is -0.383 e. The van der Waals surface area contributed by atoms with Crippen molar-refractivity contribution in [2.45, 2.75) is 53.0 Å². The second-order valence-corrected chi connectivity index (χ2v) is 6.62. The number of H-pyrrole nitrogens is 1. The molecule has 3 N–H and O–H groups in total. The largest absolute Gasteiger partial charge is 0.383 e. The first-order chi connectivity index (χ1) is 12.9. The van der Waals surface area contributed by atoms with Gasteiger partial charge in [0.2, 0.25) is 0 Å². The Morgan fingerprint density at radius 3 is 2.44 bits per heavy atom. The summed E-state index contributed by atoms with van der Waals surface area (Å²) in [6.07, 6.45) is 3.19. The van der Waals surface area contributed by atoms with Gasteiger partial charge >= 0.3 is 5.69 Å². The van der Waals surface area contributed by atoms with Crippen LogP contribution in [0.25, 0.3) is 0 Å². The normalized spacial score (nSPS) is 10.8. The van der Waals surface area contributed by atoms with E-state index in [1.165, 1.54) is 9.47 Å². The third-order valence-corrected chi connectivity index (χ3v) is 4.58. The average molecular weight is 372 g/mol. The van der Waals surface area contributed by atoms with Gasteiger partial charge in [-0.15, -0.1) is 0 Å². The Morgan fingerprint density at radius 2 is 1.81 bits per heavy atom. The molecule has 0 saturated carbocycles. The van der Waals surface area contributed by atoms with E-state index < -0.39 is 11.2 Å². The minimum absolute atomic E-state index is 0.0373. The molecule has 27 heavy (non-hydrogen) atoms. The van der Waals surface area contributed by atoms with E-state index in [9.17, 15) is 14.4 Å². The number of unbranched alkanes of at least 4 members (excludes halogenated alkanes) is 2. The summed E-state index contributed by atoms with van der Waals surface area (Å²) in [4.78, 5) is 41.7. The van der Waals surface area contributed by atoms with Crippen LogP contribution in [0.15, 0.2) is 33.9 Å². The van der Waals surface area contributed by atoms with Gasteiger partial charge in [0.05, 0.1) is 0 Å². The summed E-state index contributed by atoms with van der Waals surface area (Å²) in [6.45, 7) is 6.60. The standard InChI is InChI=1S/C20H28N4O3/c1-4-6-12-23(19(26)15-11-9-8-10-14(15)3)16-17(21)24(13-7-5-2)20(27)22-18(16)25/h8-11H,4-7,12-13,21H2,1-3H3,(H,22,25,27). The lowest BCUT2D eigenvalue weighted by atomic mass is 10.1. The fraction of sp³-hybridized carbons (Fsp3) is 0.450. The number of carbonyl (C=O) groups excluding carboxylic acids is 1. The second kappa shape index (κ2) is 9.21. The number of rotatable bonds is 8. The van der Waals surface area contributed by atoms with Crippen molar-refractivity contribution in [3.8, 4) is 0 Å². The van der Waals surface area contributed by atoms with Crippen LogP contribution in [0.5, 0.6) is 0 Å². The third kappa shape index (κ3) is 4.48. The zero-order valence-electron chi connectivity index (χ0n) is 16.2. The highest BCUT2D eigenvalue weighted by Gasteiger charge is 2.25. The van der Waals surface area contributed by atoms with Crippen molar-refractivity contribution >= 4 is 17.4 Å². The van der Waals surface area contributed by atoms with Crippen molar-refractivity contribution in [1.29, 1.82) is 0 Å². The summed E-state index contributed by atoms with van der Waals surface area (Å²) in [7, 11) is 0. The number of aromatic nitrogens is 2. The Hall–Kier alpha value is -2.83. The molecule has 0 radical (unpaired) electrons. The number of amides is 1. The molecule has 1 aromatic heterocycles. The number of aryl methyl sites for hydroxylation is 1. The number of aromatic amines is 1. The molecule has 0 bridgehead atoms. The number of nitrogens with zero attached hydrogens (tertiary/aromatic N) is 2. The first-order valence-electron chi connectivity index (χ1n) is 9.42. The van der Waals surface area contributed by atoms with Crippen LogP contribution in [0.4, 0.5) is 11.5 Å². The molecule has 0 aliphatic heterocycles. The van der Waals surface area contributed by atoms with E-state index in [1.54, 1.807) is 12.1 Å². The SMILES string of the molecule is CCCCN(C(=O)c1ccccc1C)c1c(N)n(CCCC)c(=O)[nH]c1=O. The molecule has 146 valence electrons. The molecule has 0 aliphatic rings. The van der Waals surface area contributed by atoms with Gasteiger partial charge in [0.15, 0.2) is 5.69 Å². The summed E-state index contributed by atoms with van der Waals surface area (Å²) in [5.41, 5.74) is 6.40. The molecule has 2 rings (SSSR count). The van der Waals surface area contributed by atoms with E-state index in [-0.39, 0.29) is 17.4 Å². The molecule has 7 nitrogen and oxygen atoms in total. The topological polar surface area (TPSA) is 101 Å². The zero-order chi connectivity index (χ0) is 20.0. The molecule has 0 fully saturated rings. The molecule has 0 saturated heterocycles. The Labute approximate surface area is 158 Å². The summed E-state index contributed by atoms with van der Waals surface area (Å²) in [5, 5.41) is 0. The van der Waals surface area contributed by atoms with Gasteiger partial charge in [-0.1, -0.05) is 44.9 Å². The number of hydrogen-bond acceptors (Lipinski definition) is 4. The first-order valence-corrected chi connectivity index (χ1v) is 9.42. The van der Waals surface area contributed by atoms with Gasteiger partial charge in [-0.2, -0.15) is 0 Å². The predicted molar refractivity (Wildman–Crippen MR) is 108 cm³/mol. The summed E-state index contributed by atoms with van der Waals surface area (Å²) in [5.74, 6) is -0.255. The number of benzene rings is 1. The number of hydrogen-bond donors (Lipinski definition) is 2. The molecule has 0 aliphatic carbocycles. The molecular weight excluding hydrogens is 344 g/mol. The Bertz CT molecular complexity index is 914. The third-order valence-electron chi connectivity index (χ3n) is 4.58. The monoisotopic (exact) mass is 372 g/mol. The van der Waals surface area contributed by atoms with Crippen LogP contribution in [0.3, 0.4) is 0 Å². The van der Waals surface area contributed by atoms with Crippen LogP contribution in [0.2, 0.25) is 0 Å². The van der Waals surface area contributed by atoms with Crippen LogP contribution < -0.4 is 21.9 Å². The lowest BCUT2D eigenvalue weighted by Crippen LogP contribution is -2.41. The molecule has 1 amide bonds. The quantitative estimate of drug-likeness (QED) is 0.744. The van der Waals surface area contributed by atoms with Gasteiger partial charge in [-0.3, -0.25) is 19.1 Å². The van der Waals surface area contributed by atoms with Gasteiger partial charge < -0.3 is 10.6 Å². The van der Waals surface area contributed by atoms with Gasteiger partial charge in [0.1, 0.15) is 5.82 Å². The fourth-order valence-corrected chi connectivity index (χ4v) is 2.97. The highest BCUT2D eigenvalue weighted by atomic mass is 16.2. The fourth-order valence-electron chi connectivity index (χ4n) is 2.97. The van der Waals surface area contributed by atoms with Crippen molar-refractivity contribution in [1.82, 2.24) is 9.55 Å².